The Morgan fingerprint density at radius 3 is 2.27 bits per heavy atom. The van der Waals surface area contributed by atoms with Gasteiger partial charge in [-0.05, 0) is 48.0 Å². The zero-order chi connectivity index (χ0) is 17.3. The lowest BCUT2D eigenvalue weighted by Crippen LogP contribution is -2.39. The van der Waals surface area contributed by atoms with E-state index < -0.39 is 0 Å². The fourth-order valence-corrected chi connectivity index (χ4v) is 2.51. The molecule has 0 aromatic carbocycles. The number of rotatable bonds is 10. The molecule has 0 fully saturated rings. The van der Waals surface area contributed by atoms with Gasteiger partial charge in [0.15, 0.2) is 0 Å². The predicted molar refractivity (Wildman–Crippen MR) is 92.4 cm³/mol. The van der Waals surface area contributed by atoms with Crippen LogP contribution in [-0.2, 0) is 9.57 Å². The Bertz CT molecular complexity index is 371. The largest absolute Gasteiger partial charge is 0.396 e. The highest BCUT2D eigenvalue weighted by atomic mass is 16.7. The van der Waals surface area contributed by atoms with Gasteiger partial charge in [0.1, 0.15) is 0 Å². The normalized spacial score (nSPS) is 15.4. The van der Waals surface area contributed by atoms with Crippen LogP contribution in [0.4, 0.5) is 0 Å². The molecule has 130 valence electrons. The number of allylic oxidation sites excluding steroid dienone is 3. The summed E-state index contributed by atoms with van der Waals surface area (Å²) in [6.07, 6.45) is 5.66. The Morgan fingerprint density at radius 2 is 1.86 bits per heavy atom. The second-order valence-corrected chi connectivity index (χ2v) is 6.68. The summed E-state index contributed by atoms with van der Waals surface area (Å²) < 4.78 is 5.70. The standard InChI is InChI=1S/C18H35NO3/c1-9-15(4)19(7)22-18(5,6)13-17(21-8)16(10-11-20)12-14(2)3/h9,12,16-17,20H,10-11,13H2,1-8H3. The van der Waals surface area contributed by atoms with Gasteiger partial charge in [0.25, 0.3) is 0 Å². The van der Waals surface area contributed by atoms with E-state index in [9.17, 15) is 5.11 Å². The molecule has 0 aliphatic rings. The molecule has 4 nitrogen and oxygen atoms in total. The third-order valence-electron chi connectivity index (χ3n) is 3.78. The van der Waals surface area contributed by atoms with E-state index in [1.807, 2.05) is 27.0 Å². The second-order valence-electron chi connectivity index (χ2n) is 6.68. The number of nitrogens with zero attached hydrogens (tertiary/aromatic N) is 1. The van der Waals surface area contributed by atoms with Gasteiger partial charge in [-0.3, -0.25) is 9.90 Å². The highest BCUT2D eigenvalue weighted by molar-refractivity contribution is 5.01. The lowest BCUT2D eigenvalue weighted by Gasteiger charge is -2.36. The van der Waals surface area contributed by atoms with Crippen LogP contribution in [0.25, 0.3) is 0 Å². The molecule has 4 heteroatoms. The highest BCUT2D eigenvalue weighted by Gasteiger charge is 2.30. The van der Waals surface area contributed by atoms with Gasteiger partial charge < -0.3 is 9.84 Å². The highest BCUT2D eigenvalue weighted by Crippen LogP contribution is 2.27. The topological polar surface area (TPSA) is 41.9 Å². The van der Waals surface area contributed by atoms with Gasteiger partial charge in [-0.2, -0.15) is 0 Å². The molecule has 22 heavy (non-hydrogen) atoms. The van der Waals surface area contributed by atoms with Crippen LogP contribution >= 0.6 is 0 Å². The predicted octanol–water partition coefficient (Wildman–Crippen LogP) is 3.92. The first-order valence-electron chi connectivity index (χ1n) is 8.01. The third-order valence-corrected chi connectivity index (χ3v) is 3.78. The monoisotopic (exact) mass is 313 g/mol. The quantitative estimate of drug-likeness (QED) is 0.490. The van der Waals surface area contributed by atoms with Crippen LogP contribution < -0.4 is 0 Å². The van der Waals surface area contributed by atoms with Gasteiger partial charge in [-0.1, -0.05) is 17.7 Å². The first-order chi connectivity index (χ1) is 10.2. The van der Waals surface area contributed by atoms with Crippen molar-refractivity contribution >= 4 is 0 Å². The molecule has 0 saturated heterocycles. The fraction of sp³-hybridized carbons (Fsp3) is 0.778. The molecular weight excluding hydrogens is 278 g/mol. The number of ether oxygens (including phenoxy) is 1. The Morgan fingerprint density at radius 1 is 1.27 bits per heavy atom. The van der Waals surface area contributed by atoms with E-state index >= 15 is 0 Å². The van der Waals surface area contributed by atoms with Crippen molar-refractivity contribution in [3.8, 4) is 0 Å². The average Bonchev–Trinajstić information content (AvgIpc) is 2.42. The number of aliphatic hydroxyl groups excluding tert-OH is 1. The van der Waals surface area contributed by atoms with E-state index in [-0.39, 0.29) is 24.2 Å². The average molecular weight is 313 g/mol. The number of aliphatic hydroxyl groups is 1. The number of hydrogen-bond acceptors (Lipinski definition) is 4. The van der Waals surface area contributed by atoms with Crippen molar-refractivity contribution in [2.45, 2.75) is 66.1 Å². The third kappa shape index (κ3) is 7.97. The molecular formula is C18H35NO3. The molecule has 0 heterocycles. The summed E-state index contributed by atoms with van der Waals surface area (Å²) in [4.78, 5) is 6.06. The van der Waals surface area contributed by atoms with Crippen LogP contribution in [0.1, 0.15) is 54.4 Å². The Balaban J connectivity index is 4.97. The van der Waals surface area contributed by atoms with Crippen LogP contribution in [0.3, 0.4) is 0 Å². The summed E-state index contributed by atoms with van der Waals surface area (Å²) in [6.45, 7) is 12.4. The van der Waals surface area contributed by atoms with Crippen LogP contribution in [0.15, 0.2) is 23.4 Å². The van der Waals surface area contributed by atoms with Crippen LogP contribution in [-0.4, -0.2) is 42.6 Å². The van der Waals surface area contributed by atoms with E-state index in [1.54, 1.807) is 12.2 Å². The maximum atomic E-state index is 9.31. The summed E-state index contributed by atoms with van der Waals surface area (Å²) in [7, 11) is 3.64. The zero-order valence-electron chi connectivity index (χ0n) is 15.6. The smallest absolute Gasteiger partial charge is 0.0931 e. The number of hydroxylamine groups is 2. The van der Waals surface area contributed by atoms with Crippen molar-refractivity contribution in [2.75, 3.05) is 20.8 Å². The molecule has 0 amide bonds. The van der Waals surface area contributed by atoms with Gasteiger partial charge in [0.05, 0.1) is 11.7 Å². The molecule has 2 unspecified atom stereocenters. The molecule has 0 rings (SSSR count). The molecule has 2 atom stereocenters. The summed E-state index contributed by atoms with van der Waals surface area (Å²) in [6, 6.07) is 0. The number of hydrogen-bond donors (Lipinski definition) is 1. The molecule has 0 spiro atoms. The summed E-state index contributed by atoms with van der Waals surface area (Å²) in [5.41, 5.74) is 1.95. The Kier molecular flexibility index (Phi) is 9.65. The second kappa shape index (κ2) is 10.0. The van der Waals surface area contributed by atoms with Crippen LogP contribution in [0, 0.1) is 5.92 Å². The van der Waals surface area contributed by atoms with Crippen molar-refractivity contribution in [2.24, 2.45) is 5.92 Å². The van der Waals surface area contributed by atoms with Crippen LogP contribution in [0.5, 0.6) is 0 Å². The van der Waals surface area contributed by atoms with Gasteiger partial charge in [0.2, 0.25) is 0 Å². The molecule has 1 N–H and O–H groups in total. The fourth-order valence-electron chi connectivity index (χ4n) is 2.51. The Labute approximate surface area is 136 Å². The summed E-state index contributed by atoms with van der Waals surface area (Å²) in [5.74, 6) is 0.191. The molecule has 0 saturated carbocycles. The lowest BCUT2D eigenvalue weighted by atomic mass is 9.88. The molecule has 0 bridgehead atoms. The van der Waals surface area contributed by atoms with E-state index in [1.165, 1.54) is 5.57 Å². The summed E-state index contributed by atoms with van der Waals surface area (Å²) in [5, 5.41) is 11.1. The molecule has 0 aliphatic heterocycles. The van der Waals surface area contributed by atoms with Gasteiger partial charge in [-0.25, -0.2) is 0 Å². The minimum Gasteiger partial charge on any atom is -0.396 e. The molecule has 0 aliphatic carbocycles. The lowest BCUT2D eigenvalue weighted by molar-refractivity contribution is -0.212. The molecule has 0 radical (unpaired) electrons. The van der Waals surface area contributed by atoms with Crippen molar-refractivity contribution in [3.63, 3.8) is 0 Å². The van der Waals surface area contributed by atoms with Crippen molar-refractivity contribution in [1.29, 1.82) is 0 Å². The molecule has 0 aromatic rings. The first-order valence-corrected chi connectivity index (χ1v) is 8.01. The van der Waals surface area contributed by atoms with Crippen molar-refractivity contribution in [1.82, 2.24) is 5.06 Å². The molecule has 0 aromatic heterocycles. The minimum absolute atomic E-state index is 0.0105. The van der Waals surface area contributed by atoms with Gasteiger partial charge in [-0.15, -0.1) is 0 Å². The van der Waals surface area contributed by atoms with Gasteiger partial charge >= 0.3 is 0 Å². The minimum atomic E-state index is -0.358. The SMILES string of the molecule is CC=C(C)N(C)OC(C)(C)CC(OC)C(C=C(C)C)CCO. The van der Waals surface area contributed by atoms with Crippen molar-refractivity contribution in [3.05, 3.63) is 23.4 Å². The van der Waals surface area contributed by atoms with E-state index in [4.69, 9.17) is 9.57 Å². The van der Waals surface area contributed by atoms with Crippen LogP contribution in [0.2, 0.25) is 0 Å². The summed E-state index contributed by atoms with van der Waals surface area (Å²) >= 11 is 0. The first kappa shape index (κ1) is 21.2. The van der Waals surface area contributed by atoms with Crippen molar-refractivity contribution < 1.29 is 14.7 Å². The van der Waals surface area contributed by atoms with E-state index in [0.29, 0.717) is 6.42 Å². The Hall–Kier alpha value is -0.840. The van der Waals surface area contributed by atoms with E-state index in [2.05, 4.69) is 33.8 Å². The maximum Gasteiger partial charge on any atom is 0.0931 e. The van der Waals surface area contributed by atoms with Gasteiger partial charge in [0, 0.05) is 38.8 Å². The maximum absolute atomic E-state index is 9.31. The van der Waals surface area contributed by atoms with E-state index in [0.717, 1.165) is 12.1 Å². The number of methoxy groups -OCH3 is 1. The zero-order valence-corrected chi connectivity index (χ0v) is 15.6.